The summed E-state index contributed by atoms with van der Waals surface area (Å²) < 4.78 is 0. The van der Waals surface area contributed by atoms with Crippen molar-refractivity contribution in [1.82, 2.24) is 9.97 Å². The van der Waals surface area contributed by atoms with Gasteiger partial charge in [-0.05, 0) is 41.8 Å². The SMILES string of the molecule is NC(=O)[C@H]1C[C@H](O)C[C@H]1c1csc(-c2ccncn2)c1. The van der Waals surface area contributed by atoms with E-state index in [9.17, 15) is 9.90 Å². The molecule has 0 bridgehead atoms. The summed E-state index contributed by atoms with van der Waals surface area (Å²) in [5.41, 5.74) is 7.36. The second-order valence-corrected chi connectivity index (χ2v) is 5.99. The fraction of sp³-hybridized carbons (Fsp3) is 0.357. The Labute approximate surface area is 120 Å². The van der Waals surface area contributed by atoms with Gasteiger partial charge in [0.25, 0.3) is 0 Å². The van der Waals surface area contributed by atoms with Crippen molar-refractivity contribution in [2.45, 2.75) is 24.9 Å². The van der Waals surface area contributed by atoms with Crippen LogP contribution in [0, 0.1) is 5.92 Å². The largest absolute Gasteiger partial charge is 0.393 e. The van der Waals surface area contributed by atoms with Gasteiger partial charge in [-0.15, -0.1) is 11.3 Å². The number of carbonyl (C=O) groups excluding carboxylic acids is 1. The van der Waals surface area contributed by atoms with Crippen LogP contribution in [0.25, 0.3) is 10.6 Å². The third kappa shape index (κ3) is 2.44. The van der Waals surface area contributed by atoms with E-state index in [2.05, 4.69) is 9.97 Å². The molecule has 1 amide bonds. The van der Waals surface area contributed by atoms with Crippen LogP contribution in [0.15, 0.2) is 30.0 Å². The summed E-state index contributed by atoms with van der Waals surface area (Å²) in [4.78, 5) is 20.7. The standard InChI is InChI=1S/C14H15N3O2S/c15-14(19)11-5-9(18)4-10(11)8-3-13(20-6-8)12-1-2-16-7-17-12/h1-3,6-7,9-11,18H,4-5H2,(H2,15,19)/t9-,10+,11+/m1/s1. The highest BCUT2D eigenvalue weighted by Crippen LogP contribution is 2.42. The molecule has 1 aliphatic carbocycles. The zero-order chi connectivity index (χ0) is 14.1. The maximum atomic E-state index is 11.5. The summed E-state index contributed by atoms with van der Waals surface area (Å²) in [6.07, 6.45) is 3.82. The van der Waals surface area contributed by atoms with Crippen LogP contribution in [-0.4, -0.2) is 27.1 Å². The highest BCUT2D eigenvalue weighted by Gasteiger charge is 2.38. The van der Waals surface area contributed by atoms with Gasteiger partial charge in [0.1, 0.15) is 6.33 Å². The molecular weight excluding hydrogens is 274 g/mol. The smallest absolute Gasteiger partial charge is 0.221 e. The molecule has 0 aromatic carbocycles. The van der Waals surface area contributed by atoms with Crippen LogP contribution in [0.1, 0.15) is 24.3 Å². The number of hydrogen-bond donors (Lipinski definition) is 2. The number of aliphatic hydroxyl groups excluding tert-OH is 1. The third-order valence-corrected chi connectivity index (χ3v) is 4.76. The number of aliphatic hydroxyl groups is 1. The van der Waals surface area contributed by atoms with Crippen LogP contribution in [0.4, 0.5) is 0 Å². The van der Waals surface area contributed by atoms with Crippen LogP contribution >= 0.6 is 11.3 Å². The fourth-order valence-electron chi connectivity index (χ4n) is 2.81. The summed E-state index contributed by atoms with van der Waals surface area (Å²) in [7, 11) is 0. The highest BCUT2D eigenvalue weighted by atomic mass is 32.1. The average Bonchev–Trinajstić information content (AvgIpc) is 3.06. The van der Waals surface area contributed by atoms with E-state index in [4.69, 9.17) is 5.73 Å². The molecule has 3 atom stereocenters. The van der Waals surface area contributed by atoms with Crippen LogP contribution in [0.5, 0.6) is 0 Å². The molecule has 1 fully saturated rings. The van der Waals surface area contributed by atoms with E-state index in [1.807, 2.05) is 17.5 Å². The minimum Gasteiger partial charge on any atom is -0.393 e. The number of nitrogens with zero attached hydrogens (tertiary/aromatic N) is 2. The van der Waals surface area contributed by atoms with Gasteiger partial charge >= 0.3 is 0 Å². The molecular formula is C14H15N3O2S. The van der Waals surface area contributed by atoms with E-state index in [0.717, 1.165) is 16.1 Å². The molecule has 104 valence electrons. The van der Waals surface area contributed by atoms with Gasteiger partial charge in [-0.1, -0.05) is 0 Å². The maximum Gasteiger partial charge on any atom is 0.221 e. The van der Waals surface area contributed by atoms with Crippen LogP contribution < -0.4 is 5.73 Å². The first-order valence-corrected chi connectivity index (χ1v) is 7.35. The minimum atomic E-state index is -0.445. The molecule has 1 saturated carbocycles. The van der Waals surface area contributed by atoms with Gasteiger partial charge < -0.3 is 10.8 Å². The van der Waals surface area contributed by atoms with E-state index in [1.54, 1.807) is 17.5 Å². The molecule has 6 heteroatoms. The fourth-order valence-corrected chi connectivity index (χ4v) is 3.76. The van der Waals surface area contributed by atoms with Gasteiger partial charge in [0.15, 0.2) is 0 Å². The van der Waals surface area contributed by atoms with E-state index in [1.165, 1.54) is 6.33 Å². The molecule has 3 N–H and O–H groups in total. The molecule has 1 aliphatic rings. The first-order valence-electron chi connectivity index (χ1n) is 6.47. The molecule has 5 nitrogen and oxygen atoms in total. The van der Waals surface area contributed by atoms with Gasteiger partial charge in [0.05, 0.1) is 16.7 Å². The van der Waals surface area contributed by atoms with Crippen molar-refractivity contribution in [2.75, 3.05) is 0 Å². The minimum absolute atomic E-state index is 0.00865. The molecule has 2 heterocycles. The van der Waals surface area contributed by atoms with Gasteiger partial charge in [0.2, 0.25) is 5.91 Å². The molecule has 0 aliphatic heterocycles. The summed E-state index contributed by atoms with van der Waals surface area (Å²) in [6.45, 7) is 0. The monoisotopic (exact) mass is 289 g/mol. The van der Waals surface area contributed by atoms with Gasteiger partial charge in [-0.25, -0.2) is 9.97 Å². The van der Waals surface area contributed by atoms with Crippen molar-refractivity contribution >= 4 is 17.2 Å². The zero-order valence-corrected chi connectivity index (χ0v) is 11.6. The highest BCUT2D eigenvalue weighted by molar-refractivity contribution is 7.13. The van der Waals surface area contributed by atoms with Gasteiger partial charge in [-0.3, -0.25) is 4.79 Å². The molecule has 2 aromatic heterocycles. The van der Waals surface area contributed by atoms with Crippen molar-refractivity contribution in [2.24, 2.45) is 11.7 Å². The quantitative estimate of drug-likeness (QED) is 0.897. The number of carbonyl (C=O) groups is 1. The summed E-state index contributed by atoms with van der Waals surface area (Å²) >= 11 is 1.58. The van der Waals surface area contributed by atoms with Crippen LogP contribution in [0.2, 0.25) is 0 Å². The first-order chi connectivity index (χ1) is 9.65. The summed E-state index contributed by atoms with van der Waals surface area (Å²) in [5, 5.41) is 11.8. The topological polar surface area (TPSA) is 89.1 Å². The van der Waals surface area contributed by atoms with Crippen molar-refractivity contribution in [3.8, 4) is 10.6 Å². The summed E-state index contributed by atoms with van der Waals surface area (Å²) in [5.74, 6) is -0.603. The van der Waals surface area contributed by atoms with Crippen molar-refractivity contribution in [1.29, 1.82) is 0 Å². The normalized spacial score (nSPS) is 25.8. The van der Waals surface area contributed by atoms with Crippen molar-refractivity contribution in [3.63, 3.8) is 0 Å². The van der Waals surface area contributed by atoms with Gasteiger partial charge in [0, 0.05) is 12.1 Å². The predicted octanol–water partition coefficient (Wildman–Crippen LogP) is 1.54. The Balaban J connectivity index is 1.88. The first kappa shape index (κ1) is 13.2. The number of primary amides is 1. The zero-order valence-electron chi connectivity index (χ0n) is 10.8. The molecule has 0 radical (unpaired) electrons. The molecule has 2 aromatic rings. The lowest BCUT2D eigenvalue weighted by atomic mass is 9.90. The molecule has 0 saturated heterocycles. The Morgan fingerprint density at radius 3 is 3.00 bits per heavy atom. The average molecular weight is 289 g/mol. The lowest BCUT2D eigenvalue weighted by Crippen LogP contribution is -2.25. The molecule has 0 unspecified atom stereocenters. The van der Waals surface area contributed by atoms with E-state index in [-0.39, 0.29) is 17.7 Å². The second-order valence-electron chi connectivity index (χ2n) is 5.08. The van der Waals surface area contributed by atoms with E-state index in [0.29, 0.717) is 12.8 Å². The lowest BCUT2D eigenvalue weighted by molar-refractivity contribution is -0.122. The third-order valence-electron chi connectivity index (χ3n) is 3.79. The number of hydrogen-bond acceptors (Lipinski definition) is 5. The Morgan fingerprint density at radius 1 is 1.45 bits per heavy atom. The Bertz CT molecular complexity index is 614. The molecule has 0 spiro atoms. The number of amides is 1. The van der Waals surface area contributed by atoms with Crippen LogP contribution in [-0.2, 0) is 4.79 Å². The summed E-state index contributed by atoms with van der Waals surface area (Å²) in [6, 6.07) is 3.89. The number of rotatable bonds is 3. The Hall–Kier alpha value is -1.79. The second kappa shape index (κ2) is 5.30. The van der Waals surface area contributed by atoms with Gasteiger partial charge in [-0.2, -0.15) is 0 Å². The number of thiophene rings is 1. The van der Waals surface area contributed by atoms with Crippen molar-refractivity contribution < 1.29 is 9.90 Å². The van der Waals surface area contributed by atoms with E-state index < -0.39 is 6.10 Å². The van der Waals surface area contributed by atoms with Crippen LogP contribution in [0.3, 0.4) is 0 Å². The number of nitrogens with two attached hydrogens (primary N) is 1. The lowest BCUT2D eigenvalue weighted by Gasteiger charge is -2.14. The van der Waals surface area contributed by atoms with E-state index >= 15 is 0 Å². The molecule has 3 rings (SSSR count). The maximum absolute atomic E-state index is 11.5. The number of aromatic nitrogens is 2. The molecule has 20 heavy (non-hydrogen) atoms. The Kier molecular flexibility index (Phi) is 3.50. The predicted molar refractivity (Wildman–Crippen MR) is 76.0 cm³/mol. The Morgan fingerprint density at radius 2 is 2.30 bits per heavy atom. The van der Waals surface area contributed by atoms with Crippen molar-refractivity contribution in [3.05, 3.63) is 35.6 Å².